The van der Waals surface area contributed by atoms with E-state index in [9.17, 15) is 4.39 Å². The lowest BCUT2D eigenvalue weighted by Gasteiger charge is -2.18. The number of benzene rings is 2. The molecule has 0 radical (unpaired) electrons. The van der Waals surface area contributed by atoms with Crippen LogP contribution in [-0.4, -0.2) is 6.04 Å². The first-order valence-corrected chi connectivity index (χ1v) is 6.48. The first-order valence-electron chi connectivity index (χ1n) is 6.48. The van der Waals surface area contributed by atoms with E-state index in [1.807, 2.05) is 32.0 Å². The van der Waals surface area contributed by atoms with E-state index in [4.69, 9.17) is 0 Å². The highest BCUT2D eigenvalue weighted by atomic mass is 19.1. The van der Waals surface area contributed by atoms with Crippen LogP contribution in [0.5, 0.6) is 0 Å². The van der Waals surface area contributed by atoms with Crippen LogP contribution in [-0.2, 0) is 0 Å². The molecule has 2 aromatic carbocycles. The minimum Gasteiger partial charge on any atom is -0.380 e. The van der Waals surface area contributed by atoms with E-state index in [-0.39, 0.29) is 11.9 Å². The van der Waals surface area contributed by atoms with Gasteiger partial charge in [-0.2, -0.15) is 0 Å². The summed E-state index contributed by atoms with van der Waals surface area (Å²) in [5, 5.41) is 5.31. The molecule has 0 unspecified atom stereocenters. The van der Waals surface area contributed by atoms with E-state index in [0.717, 1.165) is 16.3 Å². The summed E-state index contributed by atoms with van der Waals surface area (Å²) in [5.74, 6) is 0.156. The Morgan fingerprint density at radius 2 is 1.61 bits per heavy atom. The van der Waals surface area contributed by atoms with Crippen molar-refractivity contribution in [3.63, 3.8) is 0 Å². The summed E-state index contributed by atoms with van der Waals surface area (Å²) in [7, 11) is 0. The molecule has 2 heteroatoms. The van der Waals surface area contributed by atoms with Crippen LogP contribution in [0.1, 0.15) is 39.2 Å². The van der Waals surface area contributed by atoms with Crippen LogP contribution < -0.4 is 5.32 Å². The van der Waals surface area contributed by atoms with Crippen molar-refractivity contribution in [2.24, 2.45) is 0 Å². The van der Waals surface area contributed by atoms with Gasteiger partial charge in [-0.05, 0) is 36.8 Å². The fourth-order valence-electron chi connectivity index (χ4n) is 2.28. The van der Waals surface area contributed by atoms with Crippen LogP contribution in [0.2, 0.25) is 0 Å². The van der Waals surface area contributed by atoms with Gasteiger partial charge >= 0.3 is 0 Å². The molecule has 18 heavy (non-hydrogen) atoms. The third-order valence-electron chi connectivity index (χ3n) is 3.08. The van der Waals surface area contributed by atoms with Crippen LogP contribution >= 0.6 is 0 Å². The lowest BCUT2D eigenvalue weighted by atomic mass is 9.94. The molecule has 0 atom stereocenters. The van der Waals surface area contributed by atoms with Gasteiger partial charge in [0, 0.05) is 11.4 Å². The zero-order valence-electron chi connectivity index (χ0n) is 11.4. The number of nitrogens with one attached hydrogen (secondary N) is 1. The van der Waals surface area contributed by atoms with Gasteiger partial charge < -0.3 is 5.32 Å². The summed E-state index contributed by atoms with van der Waals surface area (Å²) in [6, 6.07) is 9.89. The number of anilines is 1. The van der Waals surface area contributed by atoms with Gasteiger partial charge in [-0.25, -0.2) is 4.39 Å². The number of hydrogen-bond acceptors (Lipinski definition) is 1. The second-order valence-corrected chi connectivity index (χ2v) is 5.32. The maximum Gasteiger partial charge on any atom is 0.147 e. The quantitative estimate of drug-likeness (QED) is 0.809. The summed E-state index contributed by atoms with van der Waals surface area (Å²) >= 11 is 0. The van der Waals surface area contributed by atoms with Crippen LogP contribution in [0.15, 0.2) is 30.3 Å². The molecule has 0 aromatic heterocycles. The Bertz CT molecular complexity index is 558. The fourth-order valence-corrected chi connectivity index (χ4v) is 2.28. The average molecular weight is 245 g/mol. The summed E-state index contributed by atoms with van der Waals surface area (Å²) in [6.07, 6.45) is 0. The van der Waals surface area contributed by atoms with Crippen molar-refractivity contribution in [2.45, 2.75) is 39.7 Å². The standard InChI is InChI=1S/C16H20FN/c1-10(2)14-9-15(17)16(18-11(3)4)13-8-6-5-7-12(13)14/h5-11,18H,1-4H3. The average Bonchev–Trinajstić information content (AvgIpc) is 2.31. The predicted molar refractivity (Wildman–Crippen MR) is 76.8 cm³/mol. The molecule has 2 aromatic rings. The Kier molecular flexibility index (Phi) is 3.55. The molecular formula is C16H20FN. The number of hydrogen-bond donors (Lipinski definition) is 1. The third-order valence-corrected chi connectivity index (χ3v) is 3.08. The van der Waals surface area contributed by atoms with E-state index in [1.54, 1.807) is 6.07 Å². The normalized spacial score (nSPS) is 11.5. The lowest BCUT2D eigenvalue weighted by molar-refractivity contribution is 0.626. The molecule has 0 amide bonds. The lowest BCUT2D eigenvalue weighted by Crippen LogP contribution is -2.12. The van der Waals surface area contributed by atoms with Crippen LogP contribution in [0.3, 0.4) is 0 Å². The maximum atomic E-state index is 14.2. The van der Waals surface area contributed by atoms with Gasteiger partial charge in [-0.15, -0.1) is 0 Å². The second-order valence-electron chi connectivity index (χ2n) is 5.32. The van der Waals surface area contributed by atoms with E-state index in [1.165, 1.54) is 0 Å². The van der Waals surface area contributed by atoms with Crippen molar-refractivity contribution in [1.29, 1.82) is 0 Å². The highest BCUT2D eigenvalue weighted by molar-refractivity contribution is 5.96. The van der Waals surface area contributed by atoms with E-state index < -0.39 is 0 Å². The molecule has 0 saturated heterocycles. The Morgan fingerprint density at radius 3 is 2.17 bits per heavy atom. The highest BCUT2D eigenvalue weighted by Crippen LogP contribution is 2.33. The smallest absolute Gasteiger partial charge is 0.147 e. The van der Waals surface area contributed by atoms with Gasteiger partial charge in [0.2, 0.25) is 0 Å². The molecule has 1 N–H and O–H groups in total. The number of rotatable bonds is 3. The zero-order chi connectivity index (χ0) is 13.3. The first-order chi connectivity index (χ1) is 8.50. The SMILES string of the molecule is CC(C)Nc1c(F)cc(C(C)C)c2ccccc12. The van der Waals surface area contributed by atoms with Gasteiger partial charge in [0.25, 0.3) is 0 Å². The summed E-state index contributed by atoms with van der Waals surface area (Å²) in [6.45, 7) is 8.22. The molecule has 0 fully saturated rings. The van der Waals surface area contributed by atoms with Crippen molar-refractivity contribution in [1.82, 2.24) is 0 Å². The Balaban J connectivity index is 2.73. The number of halogens is 1. The molecule has 0 aliphatic heterocycles. The van der Waals surface area contributed by atoms with Gasteiger partial charge in [0.05, 0.1) is 5.69 Å². The summed E-state index contributed by atoms with van der Waals surface area (Å²) in [4.78, 5) is 0. The van der Waals surface area contributed by atoms with Crippen LogP contribution in [0.25, 0.3) is 10.8 Å². The minimum atomic E-state index is -0.161. The molecule has 0 spiro atoms. The molecule has 96 valence electrons. The first kappa shape index (κ1) is 12.9. The van der Waals surface area contributed by atoms with E-state index in [2.05, 4.69) is 25.2 Å². The van der Waals surface area contributed by atoms with Crippen molar-refractivity contribution < 1.29 is 4.39 Å². The van der Waals surface area contributed by atoms with Crippen LogP contribution in [0, 0.1) is 5.82 Å². The highest BCUT2D eigenvalue weighted by Gasteiger charge is 2.14. The fraction of sp³-hybridized carbons (Fsp3) is 0.375. The van der Waals surface area contributed by atoms with Crippen molar-refractivity contribution in [2.75, 3.05) is 5.32 Å². The van der Waals surface area contributed by atoms with Crippen molar-refractivity contribution in [3.8, 4) is 0 Å². The van der Waals surface area contributed by atoms with Gasteiger partial charge in [-0.3, -0.25) is 0 Å². The Labute approximate surface area is 108 Å². The third kappa shape index (κ3) is 2.33. The number of fused-ring (bicyclic) bond motifs is 1. The molecule has 0 heterocycles. The largest absolute Gasteiger partial charge is 0.380 e. The molecular weight excluding hydrogens is 225 g/mol. The topological polar surface area (TPSA) is 12.0 Å². The zero-order valence-corrected chi connectivity index (χ0v) is 11.4. The molecule has 1 nitrogen and oxygen atoms in total. The second kappa shape index (κ2) is 4.97. The molecule has 0 aliphatic carbocycles. The van der Waals surface area contributed by atoms with Gasteiger partial charge in [0.1, 0.15) is 5.82 Å². The maximum absolute atomic E-state index is 14.2. The molecule has 0 aliphatic rings. The molecule has 0 saturated carbocycles. The van der Waals surface area contributed by atoms with E-state index >= 15 is 0 Å². The Hall–Kier alpha value is -1.57. The van der Waals surface area contributed by atoms with E-state index in [0.29, 0.717) is 11.6 Å². The van der Waals surface area contributed by atoms with Gasteiger partial charge in [-0.1, -0.05) is 38.1 Å². The Morgan fingerprint density at radius 1 is 1.00 bits per heavy atom. The summed E-state index contributed by atoms with van der Waals surface area (Å²) < 4.78 is 14.2. The van der Waals surface area contributed by atoms with Crippen molar-refractivity contribution >= 4 is 16.5 Å². The van der Waals surface area contributed by atoms with Gasteiger partial charge in [0.15, 0.2) is 0 Å². The molecule has 0 bridgehead atoms. The predicted octanol–water partition coefficient (Wildman–Crippen LogP) is 4.92. The monoisotopic (exact) mass is 245 g/mol. The van der Waals surface area contributed by atoms with Crippen LogP contribution in [0.4, 0.5) is 10.1 Å². The summed E-state index contributed by atoms with van der Waals surface area (Å²) in [5.41, 5.74) is 1.68. The van der Waals surface area contributed by atoms with Crippen molar-refractivity contribution in [3.05, 3.63) is 41.7 Å². The molecule has 2 rings (SSSR count). The minimum absolute atomic E-state index is 0.161.